The molecule has 7 N–H and O–H groups in total. The lowest BCUT2D eigenvalue weighted by atomic mass is 10.2. The molecular weight excluding hydrogens is 212 g/mol. The highest BCUT2D eigenvalue weighted by Crippen LogP contribution is 1.98. The molecule has 7 nitrogen and oxygen atoms in total. The van der Waals surface area contributed by atoms with Crippen LogP contribution in [0.4, 0.5) is 0 Å². The summed E-state index contributed by atoms with van der Waals surface area (Å²) >= 11 is 0. The van der Waals surface area contributed by atoms with E-state index in [1.807, 2.05) is 0 Å². The second-order valence-electron chi connectivity index (χ2n) is 3.30. The van der Waals surface area contributed by atoms with Crippen molar-refractivity contribution in [1.29, 1.82) is 0 Å². The molecule has 0 aromatic heterocycles. The van der Waals surface area contributed by atoms with Gasteiger partial charge in [-0.1, -0.05) is 0 Å². The minimum absolute atomic E-state index is 0.00693. The zero-order valence-corrected chi connectivity index (χ0v) is 9.26. The number of esters is 1. The van der Waals surface area contributed by atoms with Crippen LogP contribution in [0.2, 0.25) is 0 Å². The Kier molecular flexibility index (Phi) is 8.18. The number of hydrogen-bond donors (Lipinski definition) is 4. The van der Waals surface area contributed by atoms with Crippen LogP contribution in [-0.4, -0.2) is 42.8 Å². The molecule has 0 aromatic carbocycles. The Morgan fingerprint density at radius 2 is 2.06 bits per heavy atom. The van der Waals surface area contributed by atoms with E-state index in [0.29, 0.717) is 25.8 Å². The highest BCUT2D eigenvalue weighted by Gasteiger charge is 2.13. The van der Waals surface area contributed by atoms with Gasteiger partial charge in [0.15, 0.2) is 5.96 Å². The zero-order valence-electron chi connectivity index (χ0n) is 9.26. The number of ether oxygens (including phenoxy) is 1. The number of hydrogen-bond acceptors (Lipinski definition) is 5. The van der Waals surface area contributed by atoms with Crippen molar-refractivity contribution >= 4 is 11.9 Å². The third-order valence-corrected chi connectivity index (χ3v) is 1.82. The molecule has 0 unspecified atom stereocenters. The van der Waals surface area contributed by atoms with Gasteiger partial charge in [0, 0.05) is 19.6 Å². The summed E-state index contributed by atoms with van der Waals surface area (Å²) in [5, 5.41) is 8.48. The first-order valence-corrected chi connectivity index (χ1v) is 5.16. The number of aliphatic imine (C=N–C) groups is 1. The summed E-state index contributed by atoms with van der Waals surface area (Å²) in [7, 11) is 0. The van der Waals surface area contributed by atoms with E-state index >= 15 is 0 Å². The first-order chi connectivity index (χ1) is 7.57. The predicted octanol–water partition coefficient (Wildman–Crippen LogP) is -1.71. The number of carbonyl (C=O) groups is 1. The molecule has 0 fully saturated rings. The van der Waals surface area contributed by atoms with Crippen molar-refractivity contribution in [2.45, 2.75) is 25.3 Å². The van der Waals surface area contributed by atoms with Crippen molar-refractivity contribution in [3.8, 4) is 0 Å². The SMILES string of the molecule is NC(N)=NCCC[C@H](N)C(=O)OCCCO. The van der Waals surface area contributed by atoms with Crippen molar-refractivity contribution in [2.75, 3.05) is 19.8 Å². The third kappa shape index (κ3) is 8.01. The number of nitrogens with two attached hydrogens (primary N) is 3. The molecule has 0 aromatic rings. The molecule has 0 bridgehead atoms. The lowest BCUT2D eigenvalue weighted by Gasteiger charge is -2.10. The summed E-state index contributed by atoms with van der Waals surface area (Å²) < 4.78 is 4.81. The Labute approximate surface area is 94.6 Å². The minimum Gasteiger partial charge on any atom is -0.464 e. The molecule has 0 aliphatic heterocycles. The van der Waals surface area contributed by atoms with Gasteiger partial charge in [-0.15, -0.1) is 0 Å². The van der Waals surface area contributed by atoms with Gasteiger partial charge in [0.05, 0.1) is 6.61 Å². The predicted molar refractivity (Wildman–Crippen MR) is 60.5 cm³/mol. The summed E-state index contributed by atoms with van der Waals surface area (Å²) in [5.74, 6) is -0.433. The van der Waals surface area contributed by atoms with Gasteiger partial charge < -0.3 is 27.0 Å². The molecule has 1 atom stereocenters. The summed E-state index contributed by atoms with van der Waals surface area (Å²) in [6.07, 6.45) is 1.51. The fourth-order valence-corrected chi connectivity index (χ4v) is 0.982. The van der Waals surface area contributed by atoms with Crippen LogP contribution in [0.5, 0.6) is 0 Å². The van der Waals surface area contributed by atoms with E-state index in [1.54, 1.807) is 0 Å². The number of carbonyl (C=O) groups excluding carboxylic acids is 1. The summed E-state index contributed by atoms with van der Waals surface area (Å²) in [4.78, 5) is 15.0. The highest BCUT2D eigenvalue weighted by molar-refractivity contribution is 5.76. The summed E-state index contributed by atoms with van der Waals surface area (Å²) in [5.41, 5.74) is 15.8. The standard InChI is InChI=1S/C9H20N4O3/c10-7(3-1-4-13-9(11)12)8(15)16-6-2-5-14/h7,14H,1-6,10H2,(H4,11,12,13)/t7-/m0/s1. The molecule has 0 radical (unpaired) electrons. The Bertz CT molecular complexity index is 229. The molecule has 7 heteroatoms. The second kappa shape index (κ2) is 8.93. The van der Waals surface area contributed by atoms with Crippen molar-refractivity contribution < 1.29 is 14.6 Å². The molecule has 16 heavy (non-hydrogen) atoms. The molecule has 0 rings (SSSR count). The van der Waals surface area contributed by atoms with Gasteiger partial charge in [0.2, 0.25) is 0 Å². The van der Waals surface area contributed by atoms with Crippen LogP contribution in [0.25, 0.3) is 0 Å². The number of nitrogens with zero attached hydrogens (tertiary/aromatic N) is 1. The molecule has 0 aliphatic rings. The Hall–Kier alpha value is -1.34. The third-order valence-electron chi connectivity index (χ3n) is 1.82. The molecule has 0 heterocycles. The largest absolute Gasteiger partial charge is 0.464 e. The number of rotatable bonds is 8. The normalized spacial score (nSPS) is 11.9. The molecular formula is C9H20N4O3. The van der Waals surface area contributed by atoms with E-state index in [1.165, 1.54) is 0 Å². The lowest BCUT2D eigenvalue weighted by Crippen LogP contribution is -2.32. The van der Waals surface area contributed by atoms with Gasteiger partial charge in [-0.25, -0.2) is 0 Å². The van der Waals surface area contributed by atoms with Crippen LogP contribution in [0.3, 0.4) is 0 Å². The van der Waals surface area contributed by atoms with Crippen LogP contribution in [0.1, 0.15) is 19.3 Å². The topological polar surface area (TPSA) is 137 Å². The molecule has 0 spiro atoms. The average molecular weight is 232 g/mol. The van der Waals surface area contributed by atoms with E-state index in [-0.39, 0.29) is 19.2 Å². The summed E-state index contributed by atoms with van der Waals surface area (Å²) in [6, 6.07) is -0.659. The van der Waals surface area contributed by atoms with Crippen LogP contribution < -0.4 is 17.2 Å². The van der Waals surface area contributed by atoms with Crippen LogP contribution in [0, 0.1) is 0 Å². The lowest BCUT2D eigenvalue weighted by molar-refractivity contribution is -0.145. The van der Waals surface area contributed by atoms with Gasteiger partial charge in [-0.05, 0) is 12.8 Å². The minimum atomic E-state index is -0.659. The first-order valence-electron chi connectivity index (χ1n) is 5.16. The van der Waals surface area contributed by atoms with Crippen LogP contribution in [-0.2, 0) is 9.53 Å². The van der Waals surface area contributed by atoms with Gasteiger partial charge in [0.25, 0.3) is 0 Å². The molecule has 0 saturated heterocycles. The van der Waals surface area contributed by atoms with Crippen molar-refractivity contribution in [3.05, 3.63) is 0 Å². The Morgan fingerprint density at radius 1 is 1.38 bits per heavy atom. The molecule has 0 saturated carbocycles. The van der Waals surface area contributed by atoms with E-state index in [4.69, 9.17) is 27.0 Å². The maximum Gasteiger partial charge on any atom is 0.322 e. The van der Waals surface area contributed by atoms with Crippen molar-refractivity contribution in [3.63, 3.8) is 0 Å². The fourth-order valence-electron chi connectivity index (χ4n) is 0.982. The Morgan fingerprint density at radius 3 is 2.62 bits per heavy atom. The molecule has 0 aliphatic carbocycles. The maximum atomic E-state index is 11.2. The Balaban J connectivity index is 3.59. The first kappa shape index (κ1) is 14.7. The molecule has 94 valence electrons. The van der Waals surface area contributed by atoms with Gasteiger partial charge in [0.1, 0.15) is 6.04 Å². The van der Waals surface area contributed by atoms with Gasteiger partial charge in [-0.3, -0.25) is 9.79 Å². The van der Waals surface area contributed by atoms with E-state index < -0.39 is 12.0 Å². The monoisotopic (exact) mass is 232 g/mol. The highest BCUT2D eigenvalue weighted by atomic mass is 16.5. The number of aliphatic hydroxyl groups is 1. The second-order valence-corrected chi connectivity index (χ2v) is 3.30. The maximum absolute atomic E-state index is 11.2. The quantitative estimate of drug-likeness (QED) is 0.170. The van der Waals surface area contributed by atoms with Gasteiger partial charge in [-0.2, -0.15) is 0 Å². The van der Waals surface area contributed by atoms with Crippen LogP contribution in [0.15, 0.2) is 4.99 Å². The number of aliphatic hydroxyl groups excluding tert-OH is 1. The smallest absolute Gasteiger partial charge is 0.322 e. The molecule has 0 amide bonds. The number of guanidine groups is 1. The van der Waals surface area contributed by atoms with E-state index in [0.717, 1.165) is 0 Å². The summed E-state index contributed by atoms with van der Waals surface area (Å²) in [6.45, 7) is 0.629. The van der Waals surface area contributed by atoms with E-state index in [2.05, 4.69) is 4.99 Å². The zero-order chi connectivity index (χ0) is 12.4. The fraction of sp³-hybridized carbons (Fsp3) is 0.778. The van der Waals surface area contributed by atoms with Crippen molar-refractivity contribution in [2.24, 2.45) is 22.2 Å². The van der Waals surface area contributed by atoms with E-state index in [9.17, 15) is 4.79 Å². The van der Waals surface area contributed by atoms with Crippen molar-refractivity contribution in [1.82, 2.24) is 0 Å². The van der Waals surface area contributed by atoms with Crippen LogP contribution >= 0.6 is 0 Å². The van der Waals surface area contributed by atoms with Gasteiger partial charge >= 0.3 is 5.97 Å². The average Bonchev–Trinajstić information content (AvgIpc) is 2.24.